The number of allylic oxidation sites excluding steroid dienone is 1. The van der Waals surface area contributed by atoms with Gasteiger partial charge in [0.05, 0.1) is 0 Å². The first kappa shape index (κ1) is 5.67. The van der Waals surface area contributed by atoms with Crippen molar-refractivity contribution >= 4 is 0 Å². The van der Waals surface area contributed by atoms with Crippen LogP contribution in [0.3, 0.4) is 0 Å². The summed E-state index contributed by atoms with van der Waals surface area (Å²) in [7, 11) is 0. The highest BCUT2D eigenvalue weighted by atomic mass is 14.8. The molecule has 1 heterocycles. The molecule has 0 spiro atoms. The third-order valence-electron chi connectivity index (χ3n) is 1.56. The molecule has 0 saturated carbocycles. The summed E-state index contributed by atoms with van der Waals surface area (Å²) >= 11 is 0. The molecule has 1 rings (SSSR count). The molecule has 0 saturated heterocycles. The summed E-state index contributed by atoms with van der Waals surface area (Å²) < 4.78 is 0. The van der Waals surface area contributed by atoms with Crippen LogP contribution in [-0.2, 0) is 0 Å². The average molecular weight is 111 g/mol. The molecule has 0 aromatic carbocycles. The molecule has 0 fully saturated rings. The Labute approximate surface area is 50.8 Å². The lowest BCUT2D eigenvalue weighted by atomic mass is 10.1. The summed E-state index contributed by atoms with van der Waals surface area (Å²) in [6.45, 7) is 3.44. The molecule has 1 aliphatic rings. The van der Waals surface area contributed by atoms with Gasteiger partial charge in [0.15, 0.2) is 0 Å². The zero-order valence-electron chi connectivity index (χ0n) is 5.35. The molecule has 1 nitrogen and oxygen atoms in total. The molecular formula is C7H13N. The van der Waals surface area contributed by atoms with E-state index in [0.717, 1.165) is 12.5 Å². The van der Waals surface area contributed by atoms with Gasteiger partial charge in [-0.2, -0.15) is 0 Å². The van der Waals surface area contributed by atoms with Crippen LogP contribution in [0.5, 0.6) is 0 Å². The average Bonchev–Trinajstić information content (AvgIpc) is 1.94. The number of rotatable bonds is 0. The molecule has 0 aromatic heterocycles. The third-order valence-corrected chi connectivity index (χ3v) is 1.56. The zero-order valence-corrected chi connectivity index (χ0v) is 5.35. The molecule has 1 aliphatic heterocycles. The van der Waals surface area contributed by atoms with Crippen LogP contribution in [0.4, 0.5) is 0 Å². The molecule has 1 atom stereocenters. The van der Waals surface area contributed by atoms with Crippen molar-refractivity contribution in [3.63, 3.8) is 0 Å². The quantitative estimate of drug-likeness (QED) is 0.499. The number of hydrogen-bond acceptors (Lipinski definition) is 1. The minimum absolute atomic E-state index is 0.876. The van der Waals surface area contributed by atoms with Crippen LogP contribution in [0, 0.1) is 5.92 Å². The summed E-state index contributed by atoms with van der Waals surface area (Å²) in [6.07, 6.45) is 6.82. The molecule has 0 bridgehead atoms. The maximum Gasteiger partial charge on any atom is 0.0144 e. The number of hydrogen-bond donors (Lipinski definition) is 1. The summed E-state index contributed by atoms with van der Waals surface area (Å²) in [5.74, 6) is 0.876. The van der Waals surface area contributed by atoms with E-state index in [4.69, 9.17) is 0 Å². The van der Waals surface area contributed by atoms with Crippen LogP contribution in [-0.4, -0.2) is 6.54 Å². The van der Waals surface area contributed by atoms with Crippen molar-refractivity contribution in [2.45, 2.75) is 19.8 Å². The van der Waals surface area contributed by atoms with Crippen molar-refractivity contribution in [2.75, 3.05) is 6.54 Å². The molecule has 0 radical (unpaired) electrons. The molecular weight excluding hydrogens is 98.1 g/mol. The SMILES string of the molecule is CC1CC=CNCC1. The highest BCUT2D eigenvalue weighted by Gasteiger charge is 1.99. The molecule has 46 valence electrons. The minimum atomic E-state index is 0.876. The van der Waals surface area contributed by atoms with Gasteiger partial charge in [0.1, 0.15) is 0 Å². The first-order valence-electron chi connectivity index (χ1n) is 3.28. The second kappa shape index (κ2) is 2.75. The van der Waals surface area contributed by atoms with Gasteiger partial charge in [-0.25, -0.2) is 0 Å². The lowest BCUT2D eigenvalue weighted by molar-refractivity contribution is 0.545. The molecule has 1 unspecified atom stereocenters. The van der Waals surface area contributed by atoms with Crippen molar-refractivity contribution in [3.05, 3.63) is 12.3 Å². The second-order valence-electron chi connectivity index (χ2n) is 2.49. The Balaban J connectivity index is 2.30. The zero-order chi connectivity index (χ0) is 5.82. The molecule has 1 N–H and O–H groups in total. The Bertz CT molecular complexity index is 86.4. The Morgan fingerprint density at radius 3 is 3.38 bits per heavy atom. The fraction of sp³-hybridized carbons (Fsp3) is 0.714. The van der Waals surface area contributed by atoms with Gasteiger partial charge >= 0.3 is 0 Å². The fourth-order valence-corrected chi connectivity index (χ4v) is 0.915. The van der Waals surface area contributed by atoms with Crippen LogP contribution in [0.15, 0.2) is 12.3 Å². The third kappa shape index (κ3) is 1.57. The molecule has 8 heavy (non-hydrogen) atoms. The Morgan fingerprint density at radius 2 is 2.50 bits per heavy atom. The summed E-state index contributed by atoms with van der Waals surface area (Å²) in [5, 5.41) is 3.20. The Hall–Kier alpha value is -0.460. The van der Waals surface area contributed by atoms with Gasteiger partial charge in [0.25, 0.3) is 0 Å². The maximum absolute atomic E-state index is 3.20. The topological polar surface area (TPSA) is 12.0 Å². The number of nitrogens with one attached hydrogen (secondary N) is 1. The van der Waals surface area contributed by atoms with Gasteiger partial charge in [-0.3, -0.25) is 0 Å². The van der Waals surface area contributed by atoms with E-state index < -0.39 is 0 Å². The van der Waals surface area contributed by atoms with Gasteiger partial charge in [-0.05, 0) is 25.0 Å². The lowest BCUT2D eigenvalue weighted by Crippen LogP contribution is -2.06. The predicted molar refractivity (Wildman–Crippen MR) is 35.5 cm³/mol. The van der Waals surface area contributed by atoms with E-state index in [9.17, 15) is 0 Å². The van der Waals surface area contributed by atoms with E-state index in [1.54, 1.807) is 0 Å². The maximum atomic E-state index is 3.20. The summed E-state index contributed by atoms with van der Waals surface area (Å²) in [4.78, 5) is 0. The van der Waals surface area contributed by atoms with Gasteiger partial charge in [-0.1, -0.05) is 13.0 Å². The van der Waals surface area contributed by atoms with Crippen molar-refractivity contribution in [3.8, 4) is 0 Å². The highest BCUT2D eigenvalue weighted by Crippen LogP contribution is 2.08. The van der Waals surface area contributed by atoms with E-state index in [1.807, 2.05) is 0 Å². The van der Waals surface area contributed by atoms with E-state index in [-0.39, 0.29) is 0 Å². The van der Waals surface area contributed by atoms with E-state index in [2.05, 4.69) is 24.5 Å². The van der Waals surface area contributed by atoms with Crippen LogP contribution in [0.2, 0.25) is 0 Å². The van der Waals surface area contributed by atoms with Gasteiger partial charge in [-0.15, -0.1) is 0 Å². The molecule has 0 aliphatic carbocycles. The Morgan fingerprint density at radius 1 is 1.62 bits per heavy atom. The first-order chi connectivity index (χ1) is 3.89. The molecule has 0 amide bonds. The van der Waals surface area contributed by atoms with Crippen LogP contribution < -0.4 is 5.32 Å². The second-order valence-corrected chi connectivity index (χ2v) is 2.49. The lowest BCUT2D eigenvalue weighted by Gasteiger charge is -2.02. The van der Waals surface area contributed by atoms with Crippen LogP contribution in [0.1, 0.15) is 19.8 Å². The van der Waals surface area contributed by atoms with Crippen LogP contribution >= 0.6 is 0 Å². The van der Waals surface area contributed by atoms with Gasteiger partial charge in [0.2, 0.25) is 0 Å². The van der Waals surface area contributed by atoms with E-state index in [1.165, 1.54) is 12.8 Å². The van der Waals surface area contributed by atoms with Crippen molar-refractivity contribution in [2.24, 2.45) is 5.92 Å². The van der Waals surface area contributed by atoms with Gasteiger partial charge in [0, 0.05) is 6.54 Å². The highest BCUT2D eigenvalue weighted by molar-refractivity contribution is 4.84. The predicted octanol–water partition coefficient (Wildman–Crippen LogP) is 1.52. The van der Waals surface area contributed by atoms with Crippen molar-refractivity contribution in [1.29, 1.82) is 0 Å². The smallest absolute Gasteiger partial charge is 0.0144 e. The standard InChI is InChI=1S/C7H13N/c1-7-3-2-5-8-6-4-7/h2,5,7-8H,3-4,6H2,1H3. The monoisotopic (exact) mass is 111 g/mol. The van der Waals surface area contributed by atoms with E-state index in [0.29, 0.717) is 0 Å². The summed E-state index contributed by atoms with van der Waals surface area (Å²) in [6, 6.07) is 0. The normalized spacial score (nSPS) is 28.9. The minimum Gasteiger partial charge on any atom is -0.391 e. The van der Waals surface area contributed by atoms with Gasteiger partial charge < -0.3 is 5.32 Å². The van der Waals surface area contributed by atoms with Crippen LogP contribution in [0.25, 0.3) is 0 Å². The summed E-state index contributed by atoms with van der Waals surface area (Å²) in [5.41, 5.74) is 0. The Kier molecular flexibility index (Phi) is 1.95. The molecule has 0 aromatic rings. The molecule has 1 heteroatoms. The van der Waals surface area contributed by atoms with E-state index >= 15 is 0 Å². The fourth-order valence-electron chi connectivity index (χ4n) is 0.915. The van der Waals surface area contributed by atoms with Crippen molar-refractivity contribution in [1.82, 2.24) is 5.32 Å². The largest absolute Gasteiger partial charge is 0.391 e. The van der Waals surface area contributed by atoms with Crippen molar-refractivity contribution < 1.29 is 0 Å². The first-order valence-corrected chi connectivity index (χ1v) is 3.28.